The van der Waals surface area contributed by atoms with Gasteiger partial charge in [-0.15, -0.1) is 0 Å². The second kappa shape index (κ2) is 51.5. The molecule has 9 nitrogen and oxygen atoms in total. The van der Waals surface area contributed by atoms with Gasteiger partial charge in [-0.2, -0.15) is 0 Å². The molecular formula is C61H108O9. The molecule has 4 N–H and O–H groups in total. The lowest BCUT2D eigenvalue weighted by Crippen LogP contribution is -2.59. The number of ether oxygens (including phenoxy) is 4. The molecule has 406 valence electrons. The van der Waals surface area contributed by atoms with E-state index in [9.17, 15) is 25.2 Å². The van der Waals surface area contributed by atoms with Crippen molar-refractivity contribution in [3.8, 4) is 0 Å². The molecule has 9 heteroatoms. The summed E-state index contributed by atoms with van der Waals surface area (Å²) in [6.45, 7) is 4.46. The minimum absolute atomic E-state index is 0.120. The van der Waals surface area contributed by atoms with Crippen LogP contribution in [0.5, 0.6) is 0 Å². The summed E-state index contributed by atoms with van der Waals surface area (Å²) >= 11 is 0. The third-order valence-electron chi connectivity index (χ3n) is 13.1. The van der Waals surface area contributed by atoms with Crippen LogP contribution in [0.4, 0.5) is 0 Å². The molecule has 0 saturated carbocycles. The number of rotatable bonds is 50. The number of allylic oxidation sites excluding steroid dienone is 12. The Morgan fingerprint density at radius 3 is 1.31 bits per heavy atom. The fourth-order valence-corrected chi connectivity index (χ4v) is 8.67. The highest BCUT2D eigenvalue weighted by molar-refractivity contribution is 5.69. The van der Waals surface area contributed by atoms with Gasteiger partial charge in [0.1, 0.15) is 30.5 Å². The highest BCUT2D eigenvalue weighted by atomic mass is 16.7. The maximum absolute atomic E-state index is 12.9. The third-order valence-corrected chi connectivity index (χ3v) is 13.1. The van der Waals surface area contributed by atoms with Crippen LogP contribution < -0.4 is 0 Å². The molecule has 1 heterocycles. The molecule has 1 rings (SSSR count). The summed E-state index contributed by atoms with van der Waals surface area (Å²) in [4.78, 5) is 12.9. The predicted molar refractivity (Wildman–Crippen MR) is 293 cm³/mol. The quantitative estimate of drug-likeness (QED) is 0.0267. The smallest absolute Gasteiger partial charge is 0.306 e. The minimum Gasteiger partial charge on any atom is -0.457 e. The molecular weight excluding hydrogens is 877 g/mol. The van der Waals surface area contributed by atoms with E-state index in [1.165, 1.54) is 141 Å². The number of unbranched alkanes of at least 4 members (excludes halogenated alkanes) is 27. The maximum Gasteiger partial charge on any atom is 0.306 e. The average Bonchev–Trinajstić information content (AvgIpc) is 3.36. The number of carbonyl (C=O) groups excluding carboxylic acids is 1. The van der Waals surface area contributed by atoms with E-state index in [2.05, 4.69) is 86.8 Å². The van der Waals surface area contributed by atoms with Crippen LogP contribution >= 0.6 is 0 Å². The Morgan fingerprint density at radius 1 is 0.471 bits per heavy atom. The van der Waals surface area contributed by atoms with Crippen LogP contribution in [0.15, 0.2) is 72.9 Å². The first-order valence-electron chi connectivity index (χ1n) is 29.0. The average molecular weight is 986 g/mol. The number of aliphatic hydroxyl groups is 4. The van der Waals surface area contributed by atoms with Crippen molar-refractivity contribution >= 4 is 5.97 Å². The third kappa shape index (κ3) is 41.1. The lowest BCUT2D eigenvalue weighted by molar-refractivity contribution is -0.305. The number of hydrogen-bond acceptors (Lipinski definition) is 9. The standard InChI is InChI=1S/C61H108O9/c1-3-5-7-9-11-13-15-17-19-21-23-25-27-28-29-30-32-34-36-38-40-42-44-46-48-50-57(63)69-55(54-68-61-60(66)59(65)58(64)56(52-62)70-61)53-67-51-49-47-45-43-41-39-37-35-33-31-26-24-22-20-18-16-14-12-10-8-6-4-2/h5,7,11,13,17,19,23,25,28-29,32,34,55-56,58-62,64-66H,3-4,6,8-10,12,14-16,18,20-22,24,26-27,30-31,33,35-54H2,1-2H3/b7-5-,13-11-,19-17-,25-23-,29-28-,34-32-. The largest absolute Gasteiger partial charge is 0.457 e. The molecule has 0 bridgehead atoms. The van der Waals surface area contributed by atoms with E-state index in [-0.39, 0.29) is 19.2 Å². The zero-order valence-corrected chi connectivity index (χ0v) is 45.0. The SMILES string of the molecule is CC/C=C\C/C=C\C/C=C\C/C=C\C/C=C\C/C=C\CCCCCCCCC(=O)OC(COCCCCCCCCCCCCCCCCCCCCCCCC)COC1OC(CO)C(O)C(O)C1O. The molecule has 0 spiro atoms. The van der Waals surface area contributed by atoms with Gasteiger partial charge in [-0.05, 0) is 64.2 Å². The van der Waals surface area contributed by atoms with Crippen molar-refractivity contribution in [3.63, 3.8) is 0 Å². The van der Waals surface area contributed by atoms with E-state index in [0.717, 1.165) is 83.5 Å². The van der Waals surface area contributed by atoms with Crippen molar-refractivity contribution in [2.24, 2.45) is 0 Å². The van der Waals surface area contributed by atoms with Crippen molar-refractivity contribution in [2.75, 3.05) is 26.4 Å². The molecule has 0 radical (unpaired) electrons. The van der Waals surface area contributed by atoms with Crippen molar-refractivity contribution in [1.82, 2.24) is 0 Å². The first-order chi connectivity index (χ1) is 34.4. The molecule has 0 amide bonds. The molecule has 0 aromatic rings. The Morgan fingerprint density at radius 2 is 0.871 bits per heavy atom. The van der Waals surface area contributed by atoms with Crippen LogP contribution in [-0.2, 0) is 23.7 Å². The van der Waals surface area contributed by atoms with E-state index in [0.29, 0.717) is 13.0 Å². The summed E-state index contributed by atoms with van der Waals surface area (Å²) in [6.07, 6.45) is 62.3. The first-order valence-corrected chi connectivity index (χ1v) is 29.0. The molecule has 0 aliphatic carbocycles. The predicted octanol–water partition coefficient (Wildman–Crippen LogP) is 15.2. The highest BCUT2D eigenvalue weighted by Crippen LogP contribution is 2.23. The summed E-state index contributed by atoms with van der Waals surface area (Å²) in [6, 6.07) is 0. The van der Waals surface area contributed by atoms with Crippen LogP contribution in [-0.4, -0.2) is 89.6 Å². The molecule has 0 aromatic heterocycles. The van der Waals surface area contributed by atoms with Gasteiger partial charge < -0.3 is 39.4 Å². The molecule has 1 aliphatic heterocycles. The van der Waals surface area contributed by atoms with Gasteiger partial charge in [-0.3, -0.25) is 4.79 Å². The van der Waals surface area contributed by atoms with Gasteiger partial charge in [0, 0.05) is 13.0 Å². The Bertz CT molecular complexity index is 1310. The molecule has 1 saturated heterocycles. The van der Waals surface area contributed by atoms with E-state index in [1.807, 2.05) is 0 Å². The monoisotopic (exact) mass is 985 g/mol. The summed E-state index contributed by atoms with van der Waals surface area (Å²) < 4.78 is 23.0. The van der Waals surface area contributed by atoms with Gasteiger partial charge in [0.2, 0.25) is 0 Å². The maximum atomic E-state index is 12.9. The fourth-order valence-electron chi connectivity index (χ4n) is 8.67. The van der Waals surface area contributed by atoms with Gasteiger partial charge in [-0.1, -0.05) is 247 Å². The first kappa shape index (κ1) is 65.6. The number of hydrogen-bond donors (Lipinski definition) is 4. The molecule has 1 fully saturated rings. The molecule has 6 unspecified atom stereocenters. The lowest BCUT2D eigenvalue weighted by atomic mass is 9.99. The molecule has 6 atom stereocenters. The fraction of sp³-hybridized carbons (Fsp3) is 0.787. The normalized spacial score (nSPS) is 19.4. The second-order valence-corrected chi connectivity index (χ2v) is 19.7. The second-order valence-electron chi connectivity index (χ2n) is 19.7. The van der Waals surface area contributed by atoms with Crippen molar-refractivity contribution in [2.45, 2.75) is 282 Å². The zero-order chi connectivity index (χ0) is 50.6. The lowest BCUT2D eigenvalue weighted by Gasteiger charge is -2.39. The van der Waals surface area contributed by atoms with Crippen LogP contribution in [0, 0.1) is 0 Å². The molecule has 1 aliphatic rings. The van der Waals surface area contributed by atoms with Crippen molar-refractivity contribution in [3.05, 3.63) is 72.9 Å². The van der Waals surface area contributed by atoms with E-state index >= 15 is 0 Å². The number of carbonyl (C=O) groups is 1. The number of esters is 1. The zero-order valence-electron chi connectivity index (χ0n) is 45.0. The van der Waals surface area contributed by atoms with Crippen LogP contribution in [0.3, 0.4) is 0 Å². The van der Waals surface area contributed by atoms with Crippen LogP contribution in [0.25, 0.3) is 0 Å². The Labute approximate surface area is 429 Å². The minimum atomic E-state index is -1.54. The highest BCUT2D eigenvalue weighted by Gasteiger charge is 2.44. The van der Waals surface area contributed by atoms with Crippen molar-refractivity contribution < 1.29 is 44.2 Å². The summed E-state index contributed by atoms with van der Waals surface area (Å²) in [5.41, 5.74) is 0. The van der Waals surface area contributed by atoms with Gasteiger partial charge in [0.05, 0.1) is 19.8 Å². The number of aliphatic hydroxyl groups excluding tert-OH is 4. The summed E-state index contributed by atoms with van der Waals surface area (Å²) in [5, 5.41) is 40.4. The van der Waals surface area contributed by atoms with Gasteiger partial charge in [0.15, 0.2) is 6.29 Å². The van der Waals surface area contributed by atoms with E-state index in [1.54, 1.807) is 0 Å². The van der Waals surface area contributed by atoms with Crippen LogP contribution in [0.1, 0.15) is 245 Å². The Balaban J connectivity index is 2.18. The Kier molecular flexibility index (Phi) is 48.3. The van der Waals surface area contributed by atoms with Crippen molar-refractivity contribution in [1.29, 1.82) is 0 Å². The van der Waals surface area contributed by atoms with E-state index in [4.69, 9.17) is 18.9 Å². The summed E-state index contributed by atoms with van der Waals surface area (Å²) in [5.74, 6) is -0.326. The summed E-state index contributed by atoms with van der Waals surface area (Å²) in [7, 11) is 0. The van der Waals surface area contributed by atoms with Gasteiger partial charge in [0.25, 0.3) is 0 Å². The van der Waals surface area contributed by atoms with Gasteiger partial charge >= 0.3 is 5.97 Å². The van der Waals surface area contributed by atoms with Crippen LogP contribution in [0.2, 0.25) is 0 Å². The Hall–Kier alpha value is -2.37. The molecule has 0 aromatic carbocycles. The van der Waals surface area contributed by atoms with Gasteiger partial charge in [-0.25, -0.2) is 0 Å². The molecule has 70 heavy (non-hydrogen) atoms. The topological polar surface area (TPSA) is 135 Å². The van der Waals surface area contributed by atoms with E-state index < -0.39 is 43.4 Å².